The summed E-state index contributed by atoms with van der Waals surface area (Å²) >= 11 is 0. The lowest BCUT2D eigenvalue weighted by Crippen LogP contribution is -2.04. The van der Waals surface area contributed by atoms with Gasteiger partial charge in [0.25, 0.3) is 0 Å². The van der Waals surface area contributed by atoms with Gasteiger partial charge in [-0.2, -0.15) is 0 Å². The second kappa shape index (κ2) is 4.70. The van der Waals surface area contributed by atoms with Crippen LogP contribution in [0.25, 0.3) is 0 Å². The van der Waals surface area contributed by atoms with E-state index in [0.29, 0.717) is 0 Å². The summed E-state index contributed by atoms with van der Waals surface area (Å²) in [5.74, 6) is 1.75. The van der Waals surface area contributed by atoms with Crippen LogP contribution in [0.5, 0.6) is 5.75 Å². The monoisotopic (exact) mass is 217 g/mol. The molecule has 0 saturated heterocycles. The highest BCUT2D eigenvalue weighted by molar-refractivity contribution is 5.31. The van der Waals surface area contributed by atoms with E-state index >= 15 is 0 Å². The first-order valence-electron chi connectivity index (χ1n) is 5.14. The fourth-order valence-electron chi connectivity index (χ4n) is 1.46. The highest BCUT2D eigenvalue weighted by Crippen LogP contribution is 2.12. The largest absolute Gasteiger partial charge is 0.497 e. The van der Waals surface area contributed by atoms with Crippen LogP contribution in [-0.2, 0) is 13.6 Å². The molecule has 0 aliphatic heterocycles. The molecule has 4 nitrogen and oxygen atoms in total. The Morgan fingerprint density at radius 3 is 2.62 bits per heavy atom. The molecule has 0 radical (unpaired) electrons. The molecule has 0 aliphatic rings. The molecule has 0 spiro atoms. The molecule has 0 unspecified atom stereocenters. The lowest BCUT2D eigenvalue weighted by molar-refractivity contribution is 0.414. The molecule has 2 aromatic rings. The summed E-state index contributed by atoms with van der Waals surface area (Å²) in [5, 5.41) is 3.26. The van der Waals surface area contributed by atoms with E-state index in [1.165, 1.54) is 5.56 Å². The third kappa shape index (κ3) is 2.34. The number of nitrogens with zero attached hydrogens (tertiary/aromatic N) is 2. The van der Waals surface area contributed by atoms with Crippen molar-refractivity contribution >= 4 is 5.95 Å². The third-order valence-electron chi connectivity index (χ3n) is 2.43. The van der Waals surface area contributed by atoms with Crippen molar-refractivity contribution in [3.8, 4) is 5.75 Å². The highest BCUT2D eigenvalue weighted by atomic mass is 16.5. The number of imidazole rings is 1. The summed E-state index contributed by atoms with van der Waals surface area (Å²) in [6, 6.07) is 7.98. The number of nitrogens with one attached hydrogen (secondary N) is 1. The van der Waals surface area contributed by atoms with Crippen LogP contribution >= 0.6 is 0 Å². The Kier molecular flexibility index (Phi) is 3.10. The van der Waals surface area contributed by atoms with Crippen molar-refractivity contribution in [2.75, 3.05) is 12.4 Å². The molecule has 0 aliphatic carbocycles. The topological polar surface area (TPSA) is 39.1 Å². The minimum Gasteiger partial charge on any atom is -0.497 e. The third-order valence-corrected chi connectivity index (χ3v) is 2.43. The Balaban J connectivity index is 1.97. The van der Waals surface area contributed by atoms with Gasteiger partial charge < -0.3 is 14.6 Å². The van der Waals surface area contributed by atoms with E-state index in [1.807, 2.05) is 42.1 Å². The van der Waals surface area contributed by atoms with Crippen molar-refractivity contribution in [3.63, 3.8) is 0 Å². The van der Waals surface area contributed by atoms with Gasteiger partial charge in [0, 0.05) is 26.0 Å². The maximum atomic E-state index is 5.10. The van der Waals surface area contributed by atoms with Crippen molar-refractivity contribution in [1.29, 1.82) is 0 Å². The van der Waals surface area contributed by atoms with Crippen LogP contribution in [-0.4, -0.2) is 16.7 Å². The molecule has 1 aromatic carbocycles. The number of hydrogen-bond donors (Lipinski definition) is 1. The molecule has 0 amide bonds. The fourth-order valence-corrected chi connectivity index (χ4v) is 1.46. The van der Waals surface area contributed by atoms with Crippen LogP contribution in [0, 0.1) is 0 Å². The van der Waals surface area contributed by atoms with Crippen LogP contribution in [0.1, 0.15) is 5.56 Å². The number of ether oxygens (including phenoxy) is 1. The van der Waals surface area contributed by atoms with Crippen LogP contribution in [0.2, 0.25) is 0 Å². The lowest BCUT2D eigenvalue weighted by atomic mass is 10.2. The van der Waals surface area contributed by atoms with Crippen LogP contribution in [0.3, 0.4) is 0 Å². The molecule has 0 saturated carbocycles. The average Bonchev–Trinajstić information content (AvgIpc) is 2.73. The molecule has 0 atom stereocenters. The van der Waals surface area contributed by atoms with E-state index in [0.717, 1.165) is 18.2 Å². The molecule has 4 heteroatoms. The van der Waals surface area contributed by atoms with E-state index in [1.54, 1.807) is 13.3 Å². The first kappa shape index (κ1) is 10.5. The van der Waals surface area contributed by atoms with Gasteiger partial charge in [-0.05, 0) is 17.7 Å². The summed E-state index contributed by atoms with van der Waals surface area (Å²) in [7, 11) is 3.63. The molecule has 84 valence electrons. The molecular weight excluding hydrogens is 202 g/mol. The number of rotatable bonds is 4. The van der Waals surface area contributed by atoms with Gasteiger partial charge >= 0.3 is 0 Å². The zero-order chi connectivity index (χ0) is 11.4. The van der Waals surface area contributed by atoms with E-state index in [4.69, 9.17) is 4.74 Å². The molecule has 1 N–H and O–H groups in total. The Hall–Kier alpha value is -1.97. The Morgan fingerprint density at radius 2 is 2.06 bits per heavy atom. The van der Waals surface area contributed by atoms with Gasteiger partial charge in [-0.3, -0.25) is 0 Å². The predicted molar refractivity (Wildman–Crippen MR) is 63.5 cm³/mol. The maximum absolute atomic E-state index is 5.10. The second-order valence-electron chi connectivity index (χ2n) is 3.56. The Morgan fingerprint density at radius 1 is 1.31 bits per heavy atom. The molecular formula is C12H15N3O. The summed E-state index contributed by atoms with van der Waals surface area (Å²) in [6.07, 6.45) is 3.69. The SMILES string of the molecule is COc1ccc(CNc2nccn2C)cc1. The van der Waals surface area contributed by atoms with Gasteiger partial charge in [-0.25, -0.2) is 4.98 Å². The molecule has 1 heterocycles. The number of hydrogen-bond acceptors (Lipinski definition) is 3. The minimum atomic E-state index is 0.759. The van der Waals surface area contributed by atoms with Gasteiger partial charge in [-0.15, -0.1) is 0 Å². The fraction of sp³-hybridized carbons (Fsp3) is 0.250. The number of aromatic nitrogens is 2. The van der Waals surface area contributed by atoms with Gasteiger partial charge in [0.1, 0.15) is 5.75 Å². The standard InChI is InChI=1S/C12H15N3O/c1-15-8-7-13-12(15)14-9-10-3-5-11(16-2)6-4-10/h3-8H,9H2,1-2H3,(H,13,14). The number of benzene rings is 1. The van der Waals surface area contributed by atoms with Crippen LogP contribution < -0.4 is 10.1 Å². The van der Waals surface area contributed by atoms with Gasteiger partial charge in [0.2, 0.25) is 5.95 Å². The van der Waals surface area contributed by atoms with Gasteiger partial charge in [0.15, 0.2) is 0 Å². The predicted octanol–water partition coefficient (Wildman–Crippen LogP) is 2.04. The average molecular weight is 217 g/mol. The molecule has 1 aromatic heterocycles. The number of methoxy groups -OCH3 is 1. The summed E-state index contributed by atoms with van der Waals surface area (Å²) in [6.45, 7) is 0.759. The van der Waals surface area contributed by atoms with Crippen LogP contribution in [0.15, 0.2) is 36.7 Å². The van der Waals surface area contributed by atoms with E-state index < -0.39 is 0 Å². The van der Waals surface area contributed by atoms with E-state index in [9.17, 15) is 0 Å². The van der Waals surface area contributed by atoms with E-state index in [2.05, 4.69) is 10.3 Å². The lowest BCUT2D eigenvalue weighted by Gasteiger charge is -2.06. The Labute approximate surface area is 94.9 Å². The summed E-state index contributed by atoms with van der Waals surface area (Å²) in [5.41, 5.74) is 1.20. The molecule has 0 fully saturated rings. The van der Waals surface area contributed by atoms with Crippen molar-refractivity contribution in [2.45, 2.75) is 6.54 Å². The highest BCUT2D eigenvalue weighted by Gasteiger charge is 1.98. The minimum absolute atomic E-state index is 0.759. The van der Waals surface area contributed by atoms with Crippen molar-refractivity contribution in [2.24, 2.45) is 7.05 Å². The first-order valence-corrected chi connectivity index (χ1v) is 5.14. The van der Waals surface area contributed by atoms with Gasteiger partial charge in [0.05, 0.1) is 7.11 Å². The molecule has 16 heavy (non-hydrogen) atoms. The quantitative estimate of drug-likeness (QED) is 0.851. The zero-order valence-corrected chi connectivity index (χ0v) is 9.47. The summed E-state index contributed by atoms with van der Waals surface area (Å²) < 4.78 is 7.05. The van der Waals surface area contributed by atoms with Crippen molar-refractivity contribution in [1.82, 2.24) is 9.55 Å². The number of aryl methyl sites for hydroxylation is 1. The smallest absolute Gasteiger partial charge is 0.202 e. The molecule has 0 bridgehead atoms. The normalized spacial score (nSPS) is 10.1. The second-order valence-corrected chi connectivity index (χ2v) is 3.56. The first-order chi connectivity index (χ1) is 7.79. The maximum Gasteiger partial charge on any atom is 0.202 e. The van der Waals surface area contributed by atoms with Crippen LogP contribution in [0.4, 0.5) is 5.95 Å². The van der Waals surface area contributed by atoms with E-state index in [-0.39, 0.29) is 0 Å². The van der Waals surface area contributed by atoms with Gasteiger partial charge in [-0.1, -0.05) is 12.1 Å². The number of anilines is 1. The van der Waals surface area contributed by atoms with Crippen molar-refractivity contribution in [3.05, 3.63) is 42.2 Å². The van der Waals surface area contributed by atoms with Crippen molar-refractivity contribution < 1.29 is 4.74 Å². The zero-order valence-electron chi connectivity index (χ0n) is 9.47. The molecule has 2 rings (SSSR count). The summed E-state index contributed by atoms with van der Waals surface area (Å²) in [4.78, 5) is 4.19. The Bertz CT molecular complexity index is 448.